The van der Waals surface area contributed by atoms with Crippen LogP contribution in [0.1, 0.15) is 24.8 Å². The molecule has 1 aliphatic heterocycles. The molecule has 5 heteroatoms. The zero-order valence-electron chi connectivity index (χ0n) is 16.2. The Morgan fingerprint density at radius 2 is 1.34 bits per heavy atom. The Hall–Kier alpha value is -1.57. The normalized spacial score (nSPS) is 17.9. The van der Waals surface area contributed by atoms with Crippen molar-refractivity contribution >= 4 is 41.0 Å². The summed E-state index contributed by atoms with van der Waals surface area (Å²) in [4.78, 5) is 2.33. The van der Waals surface area contributed by atoms with E-state index < -0.39 is 7.14 Å². The maximum absolute atomic E-state index is 14.8. The van der Waals surface area contributed by atoms with Crippen molar-refractivity contribution in [3.8, 4) is 0 Å². The SMILES string of the molecule is O=P(c1ccccc1)(c1ccccc1)C1CCCCN1Cc1c(Cl)cccc1Cl. The highest BCUT2D eigenvalue weighted by atomic mass is 35.5. The maximum atomic E-state index is 14.8. The fraction of sp³-hybridized carbons (Fsp3) is 0.250. The van der Waals surface area contributed by atoms with E-state index in [4.69, 9.17) is 23.2 Å². The van der Waals surface area contributed by atoms with E-state index >= 15 is 0 Å². The molecular weight excluding hydrogens is 420 g/mol. The third kappa shape index (κ3) is 4.18. The summed E-state index contributed by atoms with van der Waals surface area (Å²) in [6.45, 7) is 1.49. The van der Waals surface area contributed by atoms with Gasteiger partial charge in [0.15, 0.2) is 7.14 Å². The minimum absolute atomic E-state index is 0.0756. The molecule has 0 aromatic heterocycles. The third-order valence-electron chi connectivity index (χ3n) is 5.70. The number of hydrogen-bond donors (Lipinski definition) is 0. The topological polar surface area (TPSA) is 20.3 Å². The molecule has 1 heterocycles. The lowest BCUT2D eigenvalue weighted by molar-refractivity contribution is 0.191. The van der Waals surface area contributed by atoms with Crippen molar-refractivity contribution in [2.45, 2.75) is 31.6 Å². The van der Waals surface area contributed by atoms with Crippen molar-refractivity contribution in [3.63, 3.8) is 0 Å². The van der Waals surface area contributed by atoms with E-state index in [1.807, 2.05) is 78.9 Å². The fourth-order valence-corrected chi connectivity index (χ4v) is 8.18. The van der Waals surface area contributed by atoms with E-state index in [-0.39, 0.29) is 5.78 Å². The van der Waals surface area contributed by atoms with Gasteiger partial charge in [-0.25, -0.2) is 0 Å². The molecule has 0 spiro atoms. The van der Waals surface area contributed by atoms with Crippen molar-refractivity contribution in [1.29, 1.82) is 0 Å². The maximum Gasteiger partial charge on any atom is 0.159 e. The van der Waals surface area contributed by atoms with Gasteiger partial charge in [0.2, 0.25) is 0 Å². The molecule has 2 nitrogen and oxygen atoms in total. The average Bonchev–Trinajstić information content (AvgIpc) is 2.77. The quantitative estimate of drug-likeness (QED) is 0.430. The molecule has 150 valence electrons. The Balaban J connectivity index is 1.79. The number of nitrogens with zero attached hydrogens (tertiary/aromatic N) is 1. The predicted octanol–water partition coefficient (Wildman–Crippen LogP) is 6.32. The van der Waals surface area contributed by atoms with Gasteiger partial charge in [-0.2, -0.15) is 0 Å². The Labute approximate surface area is 182 Å². The van der Waals surface area contributed by atoms with Gasteiger partial charge in [-0.15, -0.1) is 0 Å². The molecule has 1 fully saturated rings. The summed E-state index contributed by atoms with van der Waals surface area (Å²) in [6, 6.07) is 25.5. The first kappa shape index (κ1) is 20.7. The molecule has 4 rings (SSSR count). The minimum atomic E-state index is -2.88. The Morgan fingerprint density at radius 1 is 0.793 bits per heavy atom. The number of piperidine rings is 1. The second kappa shape index (κ2) is 9.06. The highest BCUT2D eigenvalue weighted by molar-refractivity contribution is 7.79. The van der Waals surface area contributed by atoms with Gasteiger partial charge in [0.05, 0.1) is 5.78 Å². The lowest BCUT2D eigenvalue weighted by Crippen LogP contribution is -2.43. The van der Waals surface area contributed by atoms with E-state index in [2.05, 4.69) is 4.90 Å². The van der Waals surface area contributed by atoms with Crippen LogP contribution in [0.5, 0.6) is 0 Å². The second-order valence-corrected chi connectivity index (χ2v) is 11.2. The Kier molecular flexibility index (Phi) is 6.47. The smallest absolute Gasteiger partial charge is 0.159 e. The standard InChI is InChI=1S/C24H24Cl2NOP/c25-22-14-9-15-23(26)21(22)18-27-17-8-7-16-24(27)29(28,19-10-3-1-4-11-19)20-12-5-2-6-13-20/h1-6,9-15,24H,7-8,16-18H2. The van der Waals surface area contributed by atoms with Crippen molar-refractivity contribution in [1.82, 2.24) is 4.90 Å². The lowest BCUT2D eigenvalue weighted by Gasteiger charge is -2.41. The van der Waals surface area contributed by atoms with Gasteiger partial charge in [-0.1, -0.05) is 96.4 Å². The highest BCUT2D eigenvalue weighted by Gasteiger charge is 2.41. The van der Waals surface area contributed by atoms with Gasteiger partial charge >= 0.3 is 0 Å². The monoisotopic (exact) mass is 443 g/mol. The average molecular weight is 444 g/mol. The summed E-state index contributed by atoms with van der Waals surface area (Å²) in [6.07, 6.45) is 3.05. The van der Waals surface area contributed by atoms with Crippen LogP contribution >= 0.6 is 30.3 Å². The Bertz CT molecular complexity index is 946. The van der Waals surface area contributed by atoms with Crippen LogP contribution in [-0.4, -0.2) is 17.2 Å². The van der Waals surface area contributed by atoms with E-state index in [1.54, 1.807) is 0 Å². The molecule has 0 radical (unpaired) electrons. The number of likely N-dealkylation sites (tertiary alicyclic amines) is 1. The molecule has 3 aromatic rings. The molecular formula is C24H24Cl2NOP. The van der Waals surface area contributed by atoms with Crippen LogP contribution in [-0.2, 0) is 11.1 Å². The largest absolute Gasteiger partial charge is 0.312 e. The second-order valence-electron chi connectivity index (χ2n) is 7.48. The van der Waals surface area contributed by atoms with Crippen molar-refractivity contribution in [2.75, 3.05) is 6.54 Å². The molecule has 1 unspecified atom stereocenters. The first-order valence-corrected chi connectivity index (χ1v) is 12.5. The molecule has 1 saturated heterocycles. The summed E-state index contributed by atoms with van der Waals surface area (Å²) < 4.78 is 14.8. The summed E-state index contributed by atoms with van der Waals surface area (Å²) >= 11 is 12.9. The predicted molar refractivity (Wildman–Crippen MR) is 124 cm³/mol. The highest BCUT2D eigenvalue weighted by Crippen LogP contribution is 2.53. The van der Waals surface area contributed by atoms with Crippen molar-refractivity contribution in [3.05, 3.63) is 94.5 Å². The van der Waals surface area contributed by atoms with Gasteiger partial charge in [0.1, 0.15) is 0 Å². The van der Waals surface area contributed by atoms with Gasteiger partial charge in [0, 0.05) is 32.8 Å². The van der Waals surface area contributed by atoms with Gasteiger partial charge in [-0.05, 0) is 31.5 Å². The lowest BCUT2D eigenvalue weighted by atomic mass is 10.1. The van der Waals surface area contributed by atoms with Crippen LogP contribution in [0, 0.1) is 0 Å². The van der Waals surface area contributed by atoms with Crippen LogP contribution in [0.3, 0.4) is 0 Å². The number of benzene rings is 3. The van der Waals surface area contributed by atoms with Crippen LogP contribution in [0.15, 0.2) is 78.9 Å². The molecule has 0 bridgehead atoms. The minimum Gasteiger partial charge on any atom is -0.312 e. The van der Waals surface area contributed by atoms with Gasteiger partial charge < -0.3 is 4.57 Å². The zero-order chi connectivity index (χ0) is 20.3. The van der Waals surface area contributed by atoms with Crippen LogP contribution in [0.4, 0.5) is 0 Å². The number of hydrogen-bond acceptors (Lipinski definition) is 2. The first-order chi connectivity index (χ1) is 14.1. The molecule has 0 aliphatic carbocycles. The van der Waals surface area contributed by atoms with Crippen molar-refractivity contribution < 1.29 is 4.57 Å². The van der Waals surface area contributed by atoms with Crippen LogP contribution in [0.2, 0.25) is 10.0 Å². The Morgan fingerprint density at radius 3 is 1.90 bits per heavy atom. The summed E-state index contributed by atoms with van der Waals surface area (Å²) in [5.41, 5.74) is 0.912. The molecule has 0 N–H and O–H groups in total. The third-order valence-corrected chi connectivity index (χ3v) is 9.96. The zero-order valence-corrected chi connectivity index (χ0v) is 18.6. The van der Waals surface area contributed by atoms with E-state index in [0.29, 0.717) is 16.6 Å². The van der Waals surface area contributed by atoms with E-state index in [1.165, 1.54) is 0 Å². The van der Waals surface area contributed by atoms with E-state index in [0.717, 1.165) is 42.0 Å². The number of rotatable bonds is 5. The summed E-state index contributed by atoms with van der Waals surface area (Å²) in [5.74, 6) is -0.0756. The van der Waals surface area contributed by atoms with Gasteiger partial charge in [0.25, 0.3) is 0 Å². The molecule has 0 amide bonds. The fourth-order valence-electron chi connectivity index (χ4n) is 4.25. The first-order valence-electron chi connectivity index (χ1n) is 9.98. The molecule has 0 saturated carbocycles. The van der Waals surface area contributed by atoms with Crippen LogP contribution in [0.25, 0.3) is 0 Å². The van der Waals surface area contributed by atoms with E-state index in [9.17, 15) is 4.57 Å². The molecule has 1 atom stereocenters. The molecule has 1 aliphatic rings. The molecule has 3 aromatic carbocycles. The van der Waals surface area contributed by atoms with Gasteiger partial charge in [-0.3, -0.25) is 4.90 Å². The van der Waals surface area contributed by atoms with Crippen LogP contribution < -0.4 is 10.6 Å². The summed E-state index contributed by atoms with van der Waals surface area (Å²) in [7, 11) is -2.88. The summed E-state index contributed by atoms with van der Waals surface area (Å²) in [5, 5.41) is 3.15. The molecule has 29 heavy (non-hydrogen) atoms. The van der Waals surface area contributed by atoms with Crippen molar-refractivity contribution in [2.24, 2.45) is 0 Å². The number of halogens is 2.